The lowest BCUT2D eigenvalue weighted by Gasteiger charge is -2.43. The van der Waals surface area contributed by atoms with Crippen molar-refractivity contribution in [1.29, 1.82) is 0 Å². The zero-order valence-corrected chi connectivity index (χ0v) is 11.2. The number of carbonyl (C=O) groups excluding carboxylic acids is 1. The minimum Gasteiger partial charge on any atom is -0.381 e. The van der Waals surface area contributed by atoms with Gasteiger partial charge >= 0.3 is 0 Å². The topological polar surface area (TPSA) is 68.5 Å². The van der Waals surface area contributed by atoms with Crippen molar-refractivity contribution < 1.29 is 13.9 Å². The number of nitrogen functional groups attached to an aromatic ring is 1. The Balaban J connectivity index is 1.87. The number of halogens is 1. The van der Waals surface area contributed by atoms with Crippen LogP contribution in [0.1, 0.15) is 36.0 Å². The van der Waals surface area contributed by atoms with E-state index in [1.807, 2.05) is 0 Å². The van der Waals surface area contributed by atoms with Crippen LogP contribution in [0.25, 0.3) is 0 Å². The average molecular weight is 279 g/mol. The Hall–Kier alpha value is -1.69. The van der Waals surface area contributed by atoms with Gasteiger partial charge in [-0.15, -0.1) is 0 Å². The first-order valence-corrected chi connectivity index (χ1v) is 7.01. The Morgan fingerprint density at radius 3 is 3.10 bits per heavy atom. The van der Waals surface area contributed by atoms with E-state index in [9.17, 15) is 9.18 Å². The molecule has 108 valence electrons. The van der Waals surface area contributed by atoms with Crippen molar-refractivity contribution in [2.24, 2.45) is 0 Å². The van der Waals surface area contributed by atoms with Crippen molar-refractivity contribution in [1.82, 2.24) is 9.88 Å². The maximum atomic E-state index is 14.0. The van der Waals surface area contributed by atoms with Crippen LogP contribution in [0, 0.1) is 5.82 Å². The van der Waals surface area contributed by atoms with E-state index in [0.717, 1.165) is 25.7 Å². The minimum atomic E-state index is -0.726. The summed E-state index contributed by atoms with van der Waals surface area (Å²) in [5.41, 5.74) is 5.44. The van der Waals surface area contributed by atoms with E-state index in [2.05, 4.69) is 4.98 Å². The number of aromatic nitrogens is 1. The van der Waals surface area contributed by atoms with Crippen LogP contribution in [-0.2, 0) is 4.74 Å². The molecule has 0 radical (unpaired) electrons. The molecule has 0 aromatic carbocycles. The first-order chi connectivity index (χ1) is 9.68. The van der Waals surface area contributed by atoms with Crippen LogP contribution in [0.2, 0.25) is 0 Å². The molecule has 20 heavy (non-hydrogen) atoms. The number of pyridine rings is 1. The van der Waals surface area contributed by atoms with Gasteiger partial charge in [-0.25, -0.2) is 9.37 Å². The number of nitrogens with zero attached hydrogens (tertiary/aromatic N) is 2. The summed E-state index contributed by atoms with van der Waals surface area (Å²) in [6, 6.07) is 1.44. The van der Waals surface area contributed by atoms with E-state index in [1.165, 1.54) is 12.3 Å². The van der Waals surface area contributed by atoms with Crippen molar-refractivity contribution in [3.63, 3.8) is 0 Å². The lowest BCUT2D eigenvalue weighted by Crippen LogP contribution is -2.55. The number of nitrogens with two attached hydrogens (primary N) is 1. The zero-order valence-electron chi connectivity index (χ0n) is 11.2. The lowest BCUT2D eigenvalue weighted by atomic mass is 9.89. The third-order valence-electron chi connectivity index (χ3n) is 4.14. The summed E-state index contributed by atoms with van der Waals surface area (Å²) in [5.74, 6) is -1.27. The lowest BCUT2D eigenvalue weighted by molar-refractivity contribution is -0.0753. The molecule has 1 saturated heterocycles. The quantitative estimate of drug-likeness (QED) is 0.847. The summed E-state index contributed by atoms with van der Waals surface area (Å²) in [5, 5.41) is 0. The van der Waals surface area contributed by atoms with Gasteiger partial charge in [-0.3, -0.25) is 4.79 Å². The van der Waals surface area contributed by atoms with Crippen LogP contribution in [0.15, 0.2) is 12.3 Å². The summed E-state index contributed by atoms with van der Waals surface area (Å²) < 4.78 is 19.7. The zero-order chi connectivity index (χ0) is 14.1. The maximum Gasteiger partial charge on any atom is 0.257 e. The Labute approximate surface area is 116 Å². The molecule has 3 rings (SSSR count). The number of anilines is 1. The van der Waals surface area contributed by atoms with E-state index in [0.29, 0.717) is 13.2 Å². The van der Waals surface area contributed by atoms with Gasteiger partial charge in [0.05, 0.1) is 24.3 Å². The van der Waals surface area contributed by atoms with Gasteiger partial charge in [-0.05, 0) is 18.9 Å². The van der Waals surface area contributed by atoms with Crippen LogP contribution in [0.3, 0.4) is 0 Å². The Bertz CT molecular complexity index is 521. The number of fused-ring (bicyclic) bond motifs is 1. The highest BCUT2D eigenvalue weighted by molar-refractivity contribution is 5.95. The smallest absolute Gasteiger partial charge is 0.257 e. The minimum absolute atomic E-state index is 0.00345. The number of rotatable bonds is 1. The standard InChI is InChI=1S/C14H18FN3O2/c15-12-9(5-6-17-13(12)16)14(19)18-7-8-20-11-4-2-1-3-10(11)18/h5-6,10-11H,1-4,7-8H2,(H2,16,17). The van der Waals surface area contributed by atoms with Gasteiger partial charge in [-0.1, -0.05) is 12.8 Å². The Kier molecular flexibility index (Phi) is 3.56. The fraction of sp³-hybridized carbons (Fsp3) is 0.571. The van der Waals surface area contributed by atoms with E-state index in [-0.39, 0.29) is 29.4 Å². The molecule has 1 aliphatic carbocycles. The van der Waals surface area contributed by atoms with Crippen molar-refractivity contribution in [2.75, 3.05) is 18.9 Å². The molecule has 0 spiro atoms. The SMILES string of the molecule is Nc1nccc(C(=O)N2CCOC3CCCCC32)c1F. The molecule has 2 fully saturated rings. The third kappa shape index (κ3) is 2.24. The fourth-order valence-corrected chi connectivity index (χ4v) is 3.13. The fourth-order valence-electron chi connectivity index (χ4n) is 3.13. The van der Waals surface area contributed by atoms with Gasteiger partial charge in [0, 0.05) is 12.7 Å². The van der Waals surface area contributed by atoms with Crippen LogP contribution < -0.4 is 5.73 Å². The number of carbonyl (C=O) groups is 1. The first kappa shape index (κ1) is 13.3. The predicted octanol–water partition coefficient (Wildman–Crippen LogP) is 1.59. The second-order valence-electron chi connectivity index (χ2n) is 5.32. The molecular weight excluding hydrogens is 261 g/mol. The van der Waals surface area contributed by atoms with E-state index in [4.69, 9.17) is 10.5 Å². The summed E-state index contributed by atoms with van der Waals surface area (Å²) in [4.78, 5) is 18.0. The molecule has 1 saturated carbocycles. The molecule has 6 heteroatoms. The molecular formula is C14H18FN3O2. The molecule has 5 nitrogen and oxygen atoms in total. The van der Waals surface area contributed by atoms with Gasteiger partial charge in [0.1, 0.15) is 0 Å². The van der Waals surface area contributed by atoms with Crippen LogP contribution >= 0.6 is 0 Å². The number of hydrogen-bond acceptors (Lipinski definition) is 4. The van der Waals surface area contributed by atoms with Crippen molar-refractivity contribution in [3.05, 3.63) is 23.6 Å². The van der Waals surface area contributed by atoms with E-state index in [1.54, 1.807) is 4.90 Å². The predicted molar refractivity (Wildman–Crippen MR) is 71.6 cm³/mol. The van der Waals surface area contributed by atoms with Crippen molar-refractivity contribution in [2.45, 2.75) is 37.8 Å². The second kappa shape index (κ2) is 5.36. The van der Waals surface area contributed by atoms with Gasteiger partial charge in [0.15, 0.2) is 11.6 Å². The average Bonchev–Trinajstić information content (AvgIpc) is 2.49. The highest BCUT2D eigenvalue weighted by atomic mass is 19.1. The molecule has 2 atom stereocenters. The molecule has 1 aromatic rings. The summed E-state index contributed by atoms with van der Waals surface area (Å²) in [7, 11) is 0. The number of morpholine rings is 1. The largest absolute Gasteiger partial charge is 0.381 e. The molecule has 0 bridgehead atoms. The van der Waals surface area contributed by atoms with Gasteiger partial charge in [0.25, 0.3) is 5.91 Å². The maximum absolute atomic E-state index is 14.0. The second-order valence-corrected chi connectivity index (χ2v) is 5.32. The molecule has 2 aliphatic rings. The van der Waals surface area contributed by atoms with E-state index < -0.39 is 5.82 Å². The molecule has 1 aliphatic heterocycles. The summed E-state index contributed by atoms with van der Waals surface area (Å²) >= 11 is 0. The van der Waals surface area contributed by atoms with Crippen molar-refractivity contribution in [3.8, 4) is 0 Å². The highest BCUT2D eigenvalue weighted by Crippen LogP contribution is 2.30. The third-order valence-corrected chi connectivity index (χ3v) is 4.14. The molecule has 1 aromatic heterocycles. The van der Waals surface area contributed by atoms with Crippen LogP contribution in [0.5, 0.6) is 0 Å². The van der Waals surface area contributed by atoms with Gasteiger partial charge in [0.2, 0.25) is 0 Å². The molecule has 2 N–H and O–H groups in total. The van der Waals surface area contributed by atoms with Gasteiger partial charge in [-0.2, -0.15) is 0 Å². The number of hydrogen-bond donors (Lipinski definition) is 1. The Morgan fingerprint density at radius 1 is 1.45 bits per heavy atom. The normalized spacial score (nSPS) is 26.1. The number of ether oxygens (including phenoxy) is 1. The molecule has 2 heterocycles. The molecule has 1 amide bonds. The molecule has 2 unspecified atom stereocenters. The summed E-state index contributed by atoms with van der Waals surface area (Å²) in [6.07, 6.45) is 5.54. The van der Waals surface area contributed by atoms with Crippen molar-refractivity contribution >= 4 is 11.7 Å². The van der Waals surface area contributed by atoms with Gasteiger partial charge < -0.3 is 15.4 Å². The highest BCUT2D eigenvalue weighted by Gasteiger charge is 2.37. The van der Waals surface area contributed by atoms with Crippen LogP contribution in [-0.4, -0.2) is 41.1 Å². The summed E-state index contributed by atoms with van der Waals surface area (Å²) in [6.45, 7) is 1.01. The van der Waals surface area contributed by atoms with E-state index >= 15 is 0 Å². The Morgan fingerprint density at radius 2 is 2.25 bits per heavy atom. The monoisotopic (exact) mass is 279 g/mol. The van der Waals surface area contributed by atoms with Crippen LogP contribution in [0.4, 0.5) is 10.2 Å². The first-order valence-electron chi connectivity index (χ1n) is 7.01. The number of amides is 1.